The number of nitrogens with zero attached hydrogens (tertiary/aromatic N) is 1. The minimum Gasteiger partial charge on any atom is -0.497 e. The van der Waals surface area contributed by atoms with Gasteiger partial charge >= 0.3 is 0 Å². The Hall–Kier alpha value is -2.54. The molecule has 3 heterocycles. The summed E-state index contributed by atoms with van der Waals surface area (Å²) in [5, 5.41) is 13.1. The fourth-order valence-electron chi connectivity index (χ4n) is 5.01. The van der Waals surface area contributed by atoms with Gasteiger partial charge in [-0.2, -0.15) is 0 Å². The molecule has 0 saturated carbocycles. The van der Waals surface area contributed by atoms with Crippen LogP contribution in [0.5, 0.6) is 11.5 Å². The van der Waals surface area contributed by atoms with E-state index in [1.54, 1.807) is 7.11 Å². The van der Waals surface area contributed by atoms with Crippen molar-refractivity contribution in [2.75, 3.05) is 26.8 Å². The average Bonchev–Trinajstić information content (AvgIpc) is 3.41. The quantitative estimate of drug-likeness (QED) is 0.368. The number of β-amino-alcohol motifs (C(OH)–C–C–N with tert-alkyl or cyclic N) is 1. The SMILES string of the molecule is COc1ccc2cc([C@H]3CCN(CC(O)COc4cccc5[nH]c(C)cc45)C(C)C3)sc2c1. The minimum atomic E-state index is -0.518. The van der Waals surface area contributed by atoms with E-state index in [-0.39, 0.29) is 0 Å². The van der Waals surface area contributed by atoms with Crippen molar-refractivity contribution in [3.63, 3.8) is 0 Å². The summed E-state index contributed by atoms with van der Waals surface area (Å²) in [7, 11) is 1.72. The third-order valence-electron chi connectivity index (χ3n) is 6.80. The van der Waals surface area contributed by atoms with Crippen LogP contribution >= 0.6 is 11.3 Å². The maximum atomic E-state index is 10.7. The first-order valence-electron chi connectivity index (χ1n) is 11.7. The molecular weight excluding hydrogens is 432 g/mol. The van der Waals surface area contributed by atoms with Crippen molar-refractivity contribution >= 4 is 32.3 Å². The summed E-state index contributed by atoms with van der Waals surface area (Å²) >= 11 is 1.89. The molecule has 2 aromatic heterocycles. The fourth-order valence-corrected chi connectivity index (χ4v) is 6.25. The third kappa shape index (κ3) is 4.74. The van der Waals surface area contributed by atoms with Crippen molar-refractivity contribution in [1.82, 2.24) is 9.88 Å². The van der Waals surface area contributed by atoms with Gasteiger partial charge in [0.1, 0.15) is 24.2 Å². The Balaban J connectivity index is 1.17. The zero-order chi connectivity index (χ0) is 22.9. The maximum Gasteiger partial charge on any atom is 0.128 e. The highest BCUT2D eigenvalue weighted by Gasteiger charge is 2.29. The van der Waals surface area contributed by atoms with Crippen LogP contribution in [0.4, 0.5) is 0 Å². The zero-order valence-electron chi connectivity index (χ0n) is 19.5. The number of piperidine rings is 1. The van der Waals surface area contributed by atoms with Gasteiger partial charge in [-0.25, -0.2) is 0 Å². The molecule has 1 fully saturated rings. The molecule has 0 bridgehead atoms. The second kappa shape index (κ2) is 9.37. The van der Waals surface area contributed by atoms with E-state index in [4.69, 9.17) is 9.47 Å². The number of fused-ring (bicyclic) bond motifs is 2. The van der Waals surface area contributed by atoms with Crippen molar-refractivity contribution in [3.05, 3.63) is 59.1 Å². The Kier molecular flexibility index (Phi) is 6.32. The summed E-state index contributed by atoms with van der Waals surface area (Å²) in [6.07, 6.45) is 1.71. The highest BCUT2D eigenvalue weighted by molar-refractivity contribution is 7.19. The lowest BCUT2D eigenvalue weighted by Gasteiger charge is -2.38. The molecule has 5 rings (SSSR count). The molecule has 0 spiro atoms. The van der Waals surface area contributed by atoms with Crippen LogP contribution in [0.2, 0.25) is 0 Å². The molecule has 33 heavy (non-hydrogen) atoms. The zero-order valence-corrected chi connectivity index (χ0v) is 20.3. The van der Waals surface area contributed by atoms with Crippen molar-refractivity contribution in [3.8, 4) is 11.5 Å². The summed E-state index contributed by atoms with van der Waals surface area (Å²) < 4.78 is 12.7. The monoisotopic (exact) mass is 464 g/mol. The first-order valence-corrected chi connectivity index (χ1v) is 12.5. The van der Waals surface area contributed by atoms with E-state index >= 15 is 0 Å². The lowest BCUT2D eigenvalue weighted by Crippen LogP contribution is -2.45. The third-order valence-corrected chi connectivity index (χ3v) is 8.06. The number of hydrogen-bond acceptors (Lipinski definition) is 5. The number of ether oxygens (including phenoxy) is 2. The number of aliphatic hydroxyl groups excluding tert-OH is 1. The number of rotatable bonds is 7. The topological polar surface area (TPSA) is 57.7 Å². The maximum absolute atomic E-state index is 10.7. The molecule has 3 atom stereocenters. The van der Waals surface area contributed by atoms with E-state index in [1.165, 1.54) is 15.0 Å². The number of thiophene rings is 1. The standard InChI is InChI=1S/C27H32N2O3S/c1-17-11-23-24(28-17)5-4-6-25(23)32-16-21(30)15-29-10-9-20(12-18(29)2)26-13-19-7-8-22(31-3)14-27(19)33-26/h4-8,11,13-14,18,20-21,28,30H,9-10,12,15-16H2,1-3H3/t18?,20-,21?/m0/s1. The Morgan fingerprint density at radius 1 is 1.21 bits per heavy atom. The number of likely N-dealkylation sites (tertiary alicyclic amines) is 1. The molecule has 2 aromatic carbocycles. The first-order chi connectivity index (χ1) is 16.0. The van der Waals surface area contributed by atoms with E-state index < -0.39 is 6.10 Å². The van der Waals surface area contributed by atoms with Crippen LogP contribution in [0, 0.1) is 6.92 Å². The molecule has 4 aromatic rings. The highest BCUT2D eigenvalue weighted by atomic mass is 32.1. The molecule has 5 nitrogen and oxygen atoms in total. The molecule has 1 saturated heterocycles. The van der Waals surface area contributed by atoms with E-state index in [1.807, 2.05) is 42.5 Å². The van der Waals surface area contributed by atoms with Gasteiger partial charge in [0.05, 0.1) is 7.11 Å². The summed E-state index contributed by atoms with van der Waals surface area (Å²) in [6, 6.07) is 17.2. The van der Waals surface area contributed by atoms with Crippen molar-refractivity contribution < 1.29 is 14.6 Å². The predicted molar refractivity (Wildman–Crippen MR) is 136 cm³/mol. The van der Waals surface area contributed by atoms with Crippen LogP contribution in [0.25, 0.3) is 21.0 Å². The number of benzene rings is 2. The van der Waals surface area contributed by atoms with E-state index in [9.17, 15) is 5.11 Å². The van der Waals surface area contributed by atoms with Crippen molar-refractivity contribution in [1.29, 1.82) is 0 Å². The Morgan fingerprint density at radius 2 is 2.09 bits per heavy atom. The molecule has 174 valence electrons. The molecule has 0 radical (unpaired) electrons. The number of hydrogen-bond donors (Lipinski definition) is 2. The van der Waals surface area contributed by atoms with Crippen LogP contribution < -0.4 is 9.47 Å². The highest BCUT2D eigenvalue weighted by Crippen LogP contribution is 2.39. The van der Waals surface area contributed by atoms with Crippen molar-refractivity contribution in [2.24, 2.45) is 0 Å². The van der Waals surface area contributed by atoms with Gasteiger partial charge in [0.15, 0.2) is 0 Å². The number of aromatic nitrogens is 1. The molecule has 6 heteroatoms. The molecular formula is C27H32N2O3S. The largest absolute Gasteiger partial charge is 0.497 e. The van der Waals surface area contributed by atoms with Gasteiger partial charge in [0.25, 0.3) is 0 Å². The van der Waals surface area contributed by atoms with Gasteiger partial charge < -0.3 is 19.6 Å². The summed E-state index contributed by atoms with van der Waals surface area (Å²) in [6.45, 7) is 6.25. The van der Waals surface area contributed by atoms with Crippen LogP contribution in [0.1, 0.15) is 36.3 Å². The normalized spacial score (nSPS) is 20.4. The predicted octanol–water partition coefficient (Wildman–Crippen LogP) is 5.71. The Labute approximate surface area is 198 Å². The Morgan fingerprint density at radius 3 is 2.91 bits per heavy atom. The number of aromatic amines is 1. The minimum absolute atomic E-state index is 0.300. The lowest BCUT2D eigenvalue weighted by molar-refractivity contribution is 0.0408. The summed E-state index contributed by atoms with van der Waals surface area (Å²) in [4.78, 5) is 7.20. The van der Waals surface area contributed by atoms with Gasteiger partial charge in [0, 0.05) is 38.8 Å². The molecule has 2 unspecified atom stereocenters. The number of aryl methyl sites for hydroxylation is 1. The molecule has 0 amide bonds. The van der Waals surface area contributed by atoms with E-state index in [0.29, 0.717) is 25.1 Å². The number of H-pyrrole nitrogens is 1. The smallest absolute Gasteiger partial charge is 0.128 e. The second-order valence-electron chi connectivity index (χ2n) is 9.25. The van der Waals surface area contributed by atoms with Crippen LogP contribution in [-0.4, -0.2) is 53.9 Å². The van der Waals surface area contributed by atoms with E-state index in [2.05, 4.69) is 41.1 Å². The number of aliphatic hydroxyl groups is 1. The van der Waals surface area contributed by atoms with Crippen molar-refractivity contribution in [2.45, 2.75) is 44.8 Å². The molecule has 2 N–H and O–H groups in total. The van der Waals surface area contributed by atoms with E-state index in [0.717, 1.165) is 47.5 Å². The number of methoxy groups -OCH3 is 1. The van der Waals surface area contributed by atoms with Gasteiger partial charge in [-0.1, -0.05) is 6.07 Å². The average molecular weight is 465 g/mol. The van der Waals surface area contributed by atoms with Gasteiger partial charge in [-0.15, -0.1) is 11.3 Å². The number of nitrogens with one attached hydrogen (secondary N) is 1. The summed E-state index contributed by atoms with van der Waals surface area (Å²) in [5.74, 6) is 2.31. The van der Waals surface area contributed by atoms with Crippen LogP contribution in [0.15, 0.2) is 48.5 Å². The Bertz CT molecular complexity index is 1250. The van der Waals surface area contributed by atoms with Gasteiger partial charge in [-0.3, -0.25) is 4.90 Å². The van der Waals surface area contributed by atoms with Gasteiger partial charge in [-0.05, 0) is 87.0 Å². The molecule has 1 aliphatic rings. The lowest BCUT2D eigenvalue weighted by atomic mass is 9.90. The first kappa shape index (κ1) is 22.3. The van der Waals surface area contributed by atoms with Crippen LogP contribution in [-0.2, 0) is 0 Å². The molecule has 0 aliphatic carbocycles. The summed E-state index contributed by atoms with van der Waals surface area (Å²) in [5.41, 5.74) is 2.17. The second-order valence-corrected chi connectivity index (χ2v) is 10.4. The van der Waals surface area contributed by atoms with Gasteiger partial charge in [0.2, 0.25) is 0 Å². The van der Waals surface area contributed by atoms with Crippen LogP contribution in [0.3, 0.4) is 0 Å². The fraction of sp³-hybridized carbons (Fsp3) is 0.407. The molecule has 1 aliphatic heterocycles.